The van der Waals surface area contributed by atoms with Crippen LogP contribution < -0.4 is 4.72 Å². The Kier molecular flexibility index (Phi) is 8.96. The number of hydrogen-bond donors (Lipinski definition) is 1. The topological polar surface area (TPSA) is 85.4 Å². The van der Waals surface area contributed by atoms with Crippen molar-refractivity contribution >= 4 is 27.3 Å². The third-order valence-corrected chi connectivity index (χ3v) is 7.77. The molecule has 0 spiro atoms. The van der Waals surface area contributed by atoms with Crippen LogP contribution in [0.2, 0.25) is 0 Å². The molecule has 0 bridgehead atoms. The second kappa shape index (κ2) is 11.9. The number of ether oxygens (including phenoxy) is 1. The van der Waals surface area contributed by atoms with E-state index in [4.69, 9.17) is 4.74 Å². The smallest absolute Gasteiger partial charge is 0.305 e. The summed E-state index contributed by atoms with van der Waals surface area (Å²) in [4.78, 5) is 18.5. The van der Waals surface area contributed by atoms with Crippen LogP contribution in [-0.2, 0) is 38.8 Å². The quantitative estimate of drug-likeness (QED) is 0.316. The number of carbonyl (C=O) groups excluding carboxylic acids is 1. The normalized spacial score (nSPS) is 11.4. The summed E-state index contributed by atoms with van der Waals surface area (Å²) in [5.41, 5.74) is 2.37. The average Bonchev–Trinajstić information content (AvgIpc) is 3.19. The maximum absolute atomic E-state index is 12.3. The third kappa shape index (κ3) is 7.25. The van der Waals surface area contributed by atoms with Gasteiger partial charge in [0, 0.05) is 35.1 Å². The number of benzene rings is 1. The Labute approximate surface area is 193 Å². The highest BCUT2D eigenvalue weighted by Crippen LogP contribution is 2.27. The van der Waals surface area contributed by atoms with E-state index in [0.29, 0.717) is 19.4 Å². The van der Waals surface area contributed by atoms with Crippen molar-refractivity contribution < 1.29 is 17.9 Å². The summed E-state index contributed by atoms with van der Waals surface area (Å²) in [7, 11) is -2.07. The van der Waals surface area contributed by atoms with Gasteiger partial charge in [0.05, 0.1) is 18.4 Å². The molecule has 170 valence electrons. The van der Waals surface area contributed by atoms with Gasteiger partial charge in [0.15, 0.2) is 0 Å². The van der Waals surface area contributed by atoms with Gasteiger partial charge in [-0.05, 0) is 61.1 Å². The molecule has 3 rings (SSSR count). The van der Waals surface area contributed by atoms with Crippen molar-refractivity contribution in [3.63, 3.8) is 0 Å². The van der Waals surface area contributed by atoms with E-state index in [-0.39, 0.29) is 10.9 Å². The lowest BCUT2D eigenvalue weighted by molar-refractivity contribution is -0.140. The SMILES string of the molecule is COC(=O)CCc1sc(Cc2cccnc2)cc1CCCCNS(=O)(=O)c1ccccc1. The molecule has 0 unspecified atom stereocenters. The lowest BCUT2D eigenvalue weighted by Crippen LogP contribution is -2.24. The molecule has 0 aliphatic rings. The highest BCUT2D eigenvalue weighted by atomic mass is 32.2. The standard InChI is InChI=1S/C24H28N2O4S2/c1-30-24(27)13-12-23-20(17-21(31-23)16-19-8-7-14-25-18-19)9-5-6-15-26-32(28,29)22-10-3-2-4-11-22/h2-4,7-8,10-11,14,17-18,26H,5-6,9,12-13,15-16H2,1H3. The summed E-state index contributed by atoms with van der Waals surface area (Å²) in [5, 5.41) is 0. The van der Waals surface area contributed by atoms with Crippen molar-refractivity contribution in [2.75, 3.05) is 13.7 Å². The summed E-state index contributed by atoms with van der Waals surface area (Å²) in [6.07, 6.45) is 7.87. The minimum atomic E-state index is -3.47. The molecule has 3 aromatic rings. The number of rotatable bonds is 12. The lowest BCUT2D eigenvalue weighted by atomic mass is 10.1. The first-order valence-corrected chi connectivity index (χ1v) is 12.9. The highest BCUT2D eigenvalue weighted by molar-refractivity contribution is 7.89. The number of hydrogen-bond acceptors (Lipinski definition) is 6. The molecule has 0 saturated heterocycles. The molecule has 0 atom stereocenters. The zero-order valence-electron chi connectivity index (χ0n) is 18.1. The predicted octanol–water partition coefficient (Wildman–Crippen LogP) is 4.14. The fourth-order valence-electron chi connectivity index (χ4n) is 3.39. The van der Waals surface area contributed by atoms with Crippen molar-refractivity contribution in [2.45, 2.75) is 43.4 Å². The summed E-state index contributed by atoms with van der Waals surface area (Å²) >= 11 is 1.73. The summed E-state index contributed by atoms with van der Waals surface area (Å²) < 4.78 is 32.1. The molecule has 0 saturated carbocycles. The number of sulfonamides is 1. The number of aryl methyl sites for hydroxylation is 2. The van der Waals surface area contributed by atoms with Crippen LogP contribution in [-0.4, -0.2) is 33.0 Å². The van der Waals surface area contributed by atoms with Crippen LogP contribution in [0, 0.1) is 0 Å². The summed E-state index contributed by atoms with van der Waals surface area (Å²) in [5.74, 6) is -0.214. The fourth-order valence-corrected chi connectivity index (χ4v) is 5.74. The minimum absolute atomic E-state index is 0.214. The van der Waals surface area contributed by atoms with Crippen molar-refractivity contribution in [3.8, 4) is 0 Å². The highest BCUT2D eigenvalue weighted by Gasteiger charge is 2.14. The van der Waals surface area contributed by atoms with E-state index in [0.717, 1.165) is 31.2 Å². The van der Waals surface area contributed by atoms with E-state index in [1.165, 1.54) is 22.4 Å². The average molecular weight is 473 g/mol. The number of carbonyl (C=O) groups is 1. The zero-order valence-corrected chi connectivity index (χ0v) is 19.8. The van der Waals surface area contributed by atoms with Crippen LogP contribution in [0.15, 0.2) is 65.8 Å². The number of pyridine rings is 1. The summed E-state index contributed by atoms with van der Waals surface area (Å²) in [6.45, 7) is 0.390. The van der Waals surface area contributed by atoms with Crippen LogP contribution in [0.5, 0.6) is 0 Å². The van der Waals surface area contributed by atoms with Gasteiger partial charge in [-0.15, -0.1) is 11.3 Å². The van der Waals surface area contributed by atoms with E-state index in [1.54, 1.807) is 47.9 Å². The lowest BCUT2D eigenvalue weighted by Gasteiger charge is -2.07. The first kappa shape index (κ1) is 24.1. The Morgan fingerprint density at radius 2 is 1.91 bits per heavy atom. The van der Waals surface area contributed by atoms with Crippen LogP contribution in [0.3, 0.4) is 0 Å². The van der Waals surface area contributed by atoms with Gasteiger partial charge in [-0.2, -0.15) is 0 Å². The van der Waals surface area contributed by atoms with Gasteiger partial charge >= 0.3 is 5.97 Å². The molecule has 2 heterocycles. The molecule has 32 heavy (non-hydrogen) atoms. The summed E-state index contributed by atoms with van der Waals surface area (Å²) in [6, 6.07) is 14.6. The number of unbranched alkanes of at least 4 members (excludes halogenated alkanes) is 1. The van der Waals surface area contributed by atoms with E-state index in [1.807, 2.05) is 12.3 Å². The molecule has 0 aliphatic carbocycles. The Bertz CT molecular complexity index is 1100. The maximum Gasteiger partial charge on any atom is 0.305 e. The number of methoxy groups -OCH3 is 1. The minimum Gasteiger partial charge on any atom is -0.469 e. The monoisotopic (exact) mass is 472 g/mol. The van der Waals surface area contributed by atoms with E-state index >= 15 is 0 Å². The maximum atomic E-state index is 12.3. The Balaban J connectivity index is 1.56. The molecule has 6 nitrogen and oxygen atoms in total. The van der Waals surface area contributed by atoms with Crippen molar-refractivity contribution in [2.24, 2.45) is 0 Å². The molecular weight excluding hydrogens is 444 g/mol. The first-order chi connectivity index (χ1) is 15.5. The van der Waals surface area contributed by atoms with Gasteiger partial charge < -0.3 is 4.74 Å². The Hall–Kier alpha value is -2.55. The number of nitrogens with one attached hydrogen (secondary N) is 1. The molecule has 1 N–H and O–H groups in total. The van der Waals surface area contributed by atoms with Crippen LogP contribution >= 0.6 is 11.3 Å². The second-order valence-electron chi connectivity index (χ2n) is 7.44. The van der Waals surface area contributed by atoms with Gasteiger partial charge in [0.2, 0.25) is 10.0 Å². The number of aromatic nitrogens is 1. The van der Waals surface area contributed by atoms with E-state index in [2.05, 4.69) is 21.8 Å². The van der Waals surface area contributed by atoms with E-state index < -0.39 is 10.0 Å². The molecule has 1 aromatic carbocycles. The zero-order chi connectivity index (χ0) is 22.8. The van der Waals surface area contributed by atoms with Gasteiger partial charge in [0.25, 0.3) is 0 Å². The van der Waals surface area contributed by atoms with Crippen molar-refractivity contribution in [1.82, 2.24) is 9.71 Å². The molecule has 2 aromatic heterocycles. The first-order valence-electron chi connectivity index (χ1n) is 10.6. The molecule has 0 radical (unpaired) electrons. The van der Waals surface area contributed by atoms with Gasteiger partial charge in [-0.1, -0.05) is 24.3 Å². The van der Waals surface area contributed by atoms with Crippen LogP contribution in [0.4, 0.5) is 0 Å². The van der Waals surface area contributed by atoms with E-state index in [9.17, 15) is 13.2 Å². The third-order valence-electron chi connectivity index (χ3n) is 5.05. The second-order valence-corrected chi connectivity index (χ2v) is 10.4. The van der Waals surface area contributed by atoms with Gasteiger partial charge in [0.1, 0.15) is 0 Å². The molecule has 0 aliphatic heterocycles. The number of esters is 1. The fraction of sp³-hybridized carbons (Fsp3) is 0.333. The van der Waals surface area contributed by atoms with Crippen molar-refractivity contribution in [1.29, 1.82) is 0 Å². The molecular formula is C24H28N2O4S2. The molecule has 0 amide bonds. The largest absolute Gasteiger partial charge is 0.469 e. The Morgan fingerprint density at radius 3 is 2.62 bits per heavy atom. The molecule has 8 heteroatoms. The Morgan fingerprint density at radius 1 is 1.09 bits per heavy atom. The van der Waals surface area contributed by atoms with Gasteiger partial charge in [-0.25, -0.2) is 13.1 Å². The number of thiophene rings is 1. The van der Waals surface area contributed by atoms with Crippen molar-refractivity contribution in [3.05, 3.63) is 81.8 Å². The van der Waals surface area contributed by atoms with Crippen LogP contribution in [0.25, 0.3) is 0 Å². The van der Waals surface area contributed by atoms with Gasteiger partial charge in [-0.3, -0.25) is 9.78 Å². The van der Waals surface area contributed by atoms with Crippen LogP contribution in [0.1, 0.15) is 40.1 Å². The molecule has 0 fully saturated rings. The predicted molar refractivity (Wildman–Crippen MR) is 126 cm³/mol. The number of nitrogens with zero attached hydrogens (tertiary/aromatic N) is 1.